The Morgan fingerprint density at radius 3 is 2.54 bits per heavy atom. The van der Waals surface area contributed by atoms with Crippen LogP contribution in [0.4, 0.5) is 4.79 Å². The molecule has 57 heavy (non-hydrogen) atoms. The number of carbonyl (C=O) groups is 4. The van der Waals surface area contributed by atoms with E-state index in [4.69, 9.17) is 28.4 Å². The number of ketones is 3. The molecule has 8 rings (SSSR count). The van der Waals surface area contributed by atoms with Crippen LogP contribution in [-0.2, 0) is 41.5 Å². The van der Waals surface area contributed by atoms with Gasteiger partial charge in [0.15, 0.2) is 29.2 Å². The van der Waals surface area contributed by atoms with E-state index in [0.717, 1.165) is 6.33 Å². The molecule has 0 radical (unpaired) electrons. The number of methoxy groups -OCH3 is 2. The lowest BCUT2D eigenvalue weighted by molar-refractivity contribution is -0.544. The molecule has 3 fully saturated rings. The third-order valence-electron chi connectivity index (χ3n) is 11.5. The van der Waals surface area contributed by atoms with Gasteiger partial charge in [0.05, 0.1) is 55.3 Å². The molecule has 1 amide bonds. The maximum Gasteiger partial charge on any atom is 0.410 e. The highest BCUT2D eigenvalue weighted by molar-refractivity contribution is 6.31. The highest BCUT2D eigenvalue weighted by atomic mass is 16.7. The van der Waals surface area contributed by atoms with Gasteiger partial charge in [0.2, 0.25) is 5.78 Å². The molecular formula is C37H39N5O15. The zero-order chi connectivity index (χ0) is 40.7. The Hall–Kier alpha value is -5.51. The first-order valence-corrected chi connectivity index (χ1v) is 18.1. The van der Waals surface area contributed by atoms with Gasteiger partial charge in [-0.2, -0.15) is 0 Å². The number of aromatic hydroxyl groups is 2. The number of hydrogen-bond donors (Lipinski definition) is 3. The molecule has 5 aliphatic rings. The van der Waals surface area contributed by atoms with E-state index in [2.05, 4.69) is 4.98 Å². The van der Waals surface area contributed by atoms with Gasteiger partial charge < -0.3 is 48.6 Å². The summed E-state index contributed by atoms with van der Waals surface area (Å²) >= 11 is 0. The largest absolute Gasteiger partial charge is 0.507 e. The zero-order valence-corrected chi connectivity index (χ0v) is 31.1. The summed E-state index contributed by atoms with van der Waals surface area (Å²) in [4.78, 5) is 72.2. The van der Waals surface area contributed by atoms with Crippen LogP contribution in [-0.4, -0.2) is 133 Å². The fourth-order valence-electron chi connectivity index (χ4n) is 8.77. The van der Waals surface area contributed by atoms with Gasteiger partial charge in [-0.25, -0.2) is 24.8 Å². The number of rotatable bonds is 8. The van der Waals surface area contributed by atoms with E-state index in [-0.39, 0.29) is 59.6 Å². The zero-order valence-electron chi connectivity index (χ0n) is 31.1. The normalized spacial score (nSPS) is 29.1. The summed E-state index contributed by atoms with van der Waals surface area (Å²) in [6.45, 7) is 2.64. The summed E-state index contributed by atoms with van der Waals surface area (Å²) in [6.07, 6.45) is -4.16. The molecule has 0 spiro atoms. The van der Waals surface area contributed by atoms with Crippen molar-refractivity contribution in [1.29, 1.82) is 0 Å². The fourth-order valence-corrected chi connectivity index (χ4v) is 8.77. The summed E-state index contributed by atoms with van der Waals surface area (Å²) in [6, 6.07) is 4.00. The molecule has 2 aliphatic carbocycles. The summed E-state index contributed by atoms with van der Waals surface area (Å²) < 4.78 is 36.4. The van der Waals surface area contributed by atoms with Crippen LogP contribution in [0.3, 0.4) is 0 Å². The van der Waals surface area contributed by atoms with E-state index in [9.17, 15) is 44.6 Å². The van der Waals surface area contributed by atoms with Crippen molar-refractivity contribution < 1.29 is 68.0 Å². The van der Waals surface area contributed by atoms with Gasteiger partial charge in [-0.15, -0.1) is 0 Å². The first kappa shape index (κ1) is 38.4. The molecule has 1 aromatic heterocycles. The number of imidazole rings is 1. The number of piperazine rings is 1. The van der Waals surface area contributed by atoms with Crippen molar-refractivity contribution in [2.45, 2.75) is 88.4 Å². The number of nitrogens with zero attached hydrogens (tertiary/aromatic N) is 5. The summed E-state index contributed by atoms with van der Waals surface area (Å²) in [5, 5.41) is 45.7. The maximum absolute atomic E-state index is 14.0. The molecular weight excluding hydrogens is 754 g/mol. The number of phenols is 2. The van der Waals surface area contributed by atoms with Gasteiger partial charge in [-0.3, -0.25) is 14.4 Å². The fraction of sp³-hybridized carbons (Fsp3) is 0.486. The minimum Gasteiger partial charge on any atom is -0.507 e. The summed E-state index contributed by atoms with van der Waals surface area (Å²) in [5.74, 6) is -3.38. The third-order valence-corrected chi connectivity index (χ3v) is 11.5. The minimum atomic E-state index is -2.09. The van der Waals surface area contributed by atoms with Crippen LogP contribution in [0, 0.1) is 10.1 Å². The lowest BCUT2D eigenvalue weighted by Crippen LogP contribution is -2.62. The average molecular weight is 794 g/mol. The topological polar surface area (TPSA) is 252 Å². The van der Waals surface area contributed by atoms with Gasteiger partial charge in [-0.1, -0.05) is 16.8 Å². The molecule has 2 aromatic carbocycles. The minimum absolute atomic E-state index is 0.0453. The number of nitro groups is 1. The van der Waals surface area contributed by atoms with E-state index in [1.54, 1.807) is 6.92 Å². The number of carbonyl (C=O) groups excluding carboxylic acids is 4. The molecule has 0 saturated carbocycles. The molecule has 4 heterocycles. The van der Waals surface area contributed by atoms with Crippen LogP contribution in [0.2, 0.25) is 0 Å². The van der Waals surface area contributed by atoms with Crippen LogP contribution >= 0.6 is 0 Å². The molecule has 3 aromatic rings. The molecule has 4 unspecified atom stereocenters. The van der Waals surface area contributed by atoms with E-state index in [0.29, 0.717) is 4.68 Å². The standard InChI is InChI=1S/C37H39N5O15/c1-16-35-21(41-24(53-4)12-39(13-25(41)57-35)36(48)54-14-18-11-38-15-40(18)42(50)51)8-26(55-16)56-23-10-37(49,17(2)43)9-20-28(23)34(47)30-29(32(20)45)31(44)19-6-5-7-22(52-3)27(19)33(30)46/h5-7,11,15-16,21,23-26,35,45,47,49H,8-10,12-14H2,1-4H3/t16-,21?,23-,24?,25?,26-,35?,37-/m0/s1. The average Bonchev–Trinajstić information content (AvgIpc) is 3.82. The van der Waals surface area contributed by atoms with Crippen molar-refractivity contribution in [3.05, 3.63) is 79.9 Å². The van der Waals surface area contributed by atoms with Crippen LogP contribution in [0.25, 0.3) is 0 Å². The Labute approximate surface area is 323 Å². The number of benzene rings is 2. The second-order valence-corrected chi connectivity index (χ2v) is 14.7. The van der Waals surface area contributed by atoms with Gasteiger partial charge in [-0.05, 0) is 19.9 Å². The molecule has 302 valence electrons. The highest BCUT2D eigenvalue weighted by Gasteiger charge is 2.56. The molecule has 3 aliphatic heterocycles. The number of fused-ring (bicyclic) bond motifs is 6. The molecule has 0 bridgehead atoms. The molecule has 20 heteroatoms. The van der Waals surface area contributed by atoms with Crippen LogP contribution in [0.1, 0.15) is 81.5 Å². The van der Waals surface area contributed by atoms with Crippen molar-refractivity contribution in [2.75, 3.05) is 27.3 Å². The first-order valence-electron chi connectivity index (χ1n) is 18.1. The first-order chi connectivity index (χ1) is 27.2. The molecule has 20 nitrogen and oxygen atoms in total. The van der Waals surface area contributed by atoms with E-state index in [1.807, 2.05) is 4.90 Å². The monoisotopic (exact) mass is 793 g/mol. The van der Waals surface area contributed by atoms with Crippen molar-refractivity contribution >= 4 is 23.4 Å². The third kappa shape index (κ3) is 6.10. The molecule has 3 saturated heterocycles. The number of ether oxygens (including phenoxy) is 6. The Morgan fingerprint density at radius 1 is 1.09 bits per heavy atom. The molecule has 8 atom stereocenters. The van der Waals surface area contributed by atoms with Gasteiger partial charge in [0.25, 0.3) is 0 Å². The number of aromatic nitrogens is 2. The van der Waals surface area contributed by atoms with Gasteiger partial charge >= 0.3 is 6.09 Å². The van der Waals surface area contributed by atoms with E-state index < -0.39 is 113 Å². The van der Waals surface area contributed by atoms with E-state index in [1.165, 1.54) is 50.4 Å². The predicted molar refractivity (Wildman–Crippen MR) is 188 cm³/mol. The second kappa shape index (κ2) is 14.1. The van der Waals surface area contributed by atoms with E-state index >= 15 is 0 Å². The van der Waals surface area contributed by atoms with Gasteiger partial charge in [0.1, 0.15) is 53.7 Å². The van der Waals surface area contributed by atoms with Gasteiger partial charge in [0, 0.05) is 49.1 Å². The summed E-state index contributed by atoms with van der Waals surface area (Å²) in [7, 11) is 2.80. The van der Waals surface area contributed by atoms with Crippen LogP contribution in [0.5, 0.6) is 17.2 Å². The lowest BCUT2D eigenvalue weighted by atomic mass is 9.72. The number of phenolic OH excluding ortho intramolecular Hbond substituents is 2. The van der Waals surface area contributed by atoms with Crippen LogP contribution in [0.15, 0.2) is 30.7 Å². The van der Waals surface area contributed by atoms with Crippen molar-refractivity contribution in [2.24, 2.45) is 0 Å². The molecule has 3 N–H and O–H groups in total. The quantitative estimate of drug-likeness (QED) is 0.130. The smallest absolute Gasteiger partial charge is 0.410 e. The Morgan fingerprint density at radius 2 is 1.84 bits per heavy atom. The van der Waals surface area contributed by atoms with Crippen LogP contribution < -0.4 is 4.74 Å². The maximum atomic E-state index is 14.0. The number of aliphatic hydroxyl groups is 1. The van der Waals surface area contributed by atoms with Crippen molar-refractivity contribution in [3.8, 4) is 17.2 Å². The highest BCUT2D eigenvalue weighted by Crippen LogP contribution is 2.53. The van der Waals surface area contributed by atoms with Crippen molar-refractivity contribution in [3.63, 3.8) is 0 Å². The summed E-state index contributed by atoms with van der Waals surface area (Å²) in [5.41, 5.74) is -3.26. The predicted octanol–water partition coefficient (Wildman–Crippen LogP) is 1.60. The lowest BCUT2D eigenvalue weighted by Gasteiger charge is -2.45. The number of hydrogen-bond acceptors (Lipinski definition) is 17. The van der Waals surface area contributed by atoms with Crippen molar-refractivity contribution in [1.82, 2.24) is 19.5 Å². The number of Topliss-reactive ketones (excluding diaryl/α,β-unsaturated/α-hetero) is 1. The second-order valence-electron chi connectivity index (χ2n) is 14.7. The Bertz CT molecular complexity index is 2210. The SMILES string of the molecule is COc1cccc2c1C(=O)c1c(O)c3c(c(O)c1C2=O)C[C@@](O)(C(C)=O)C[C@@H]3O[C@H]1CC2C(OC3CN(C(=O)OCc4cncn4[N+](=O)[O-])CC(OC)N32)[C@H](C)O1. The Kier molecular flexibility index (Phi) is 9.52. The number of amides is 1. The Balaban J connectivity index is 1.06.